The van der Waals surface area contributed by atoms with Gasteiger partial charge in [-0.1, -0.05) is 6.07 Å². The zero-order chi connectivity index (χ0) is 15.8. The van der Waals surface area contributed by atoms with Crippen LogP contribution in [0.4, 0.5) is 9.18 Å². The van der Waals surface area contributed by atoms with E-state index in [0.717, 1.165) is 0 Å². The molecule has 0 aliphatic carbocycles. The third kappa shape index (κ3) is 3.12. The van der Waals surface area contributed by atoms with E-state index in [0.29, 0.717) is 9.13 Å². The van der Waals surface area contributed by atoms with E-state index >= 15 is 0 Å². The predicted octanol–water partition coefficient (Wildman–Crippen LogP) is 3.44. The molecule has 1 aromatic carbocycles. The largest absolute Gasteiger partial charge is 0.444 e. The maximum Gasteiger partial charge on any atom is 0.410 e. The Morgan fingerprint density at radius 3 is 2.57 bits per heavy atom. The Kier molecular flexibility index (Phi) is 4.15. The molecule has 0 radical (unpaired) electrons. The number of likely N-dealkylation sites (tertiary alicyclic amines) is 1. The van der Waals surface area contributed by atoms with Crippen molar-refractivity contribution in [2.24, 2.45) is 0 Å². The van der Waals surface area contributed by atoms with Gasteiger partial charge in [0.15, 0.2) is 0 Å². The van der Waals surface area contributed by atoms with Crippen LogP contribution in [0, 0.1) is 20.7 Å². The van der Waals surface area contributed by atoms with Crippen LogP contribution < -0.4 is 0 Å². The van der Waals surface area contributed by atoms with Gasteiger partial charge in [-0.25, -0.2) is 9.18 Å². The molecule has 1 amide bonds. The lowest BCUT2D eigenvalue weighted by Gasteiger charge is -2.46. The van der Waals surface area contributed by atoms with Gasteiger partial charge in [0.05, 0.1) is 6.07 Å². The third-order valence-electron chi connectivity index (χ3n) is 3.23. The van der Waals surface area contributed by atoms with Gasteiger partial charge in [0.1, 0.15) is 16.8 Å². The van der Waals surface area contributed by atoms with Crippen LogP contribution in [0.15, 0.2) is 18.2 Å². The van der Waals surface area contributed by atoms with Crippen molar-refractivity contribution in [1.82, 2.24) is 4.90 Å². The Morgan fingerprint density at radius 2 is 2.10 bits per heavy atom. The Hall–Kier alpha value is -1.36. The van der Waals surface area contributed by atoms with E-state index in [9.17, 15) is 14.4 Å². The summed E-state index contributed by atoms with van der Waals surface area (Å²) in [6.45, 7) is 5.64. The summed E-state index contributed by atoms with van der Waals surface area (Å²) in [5.74, 6) is -0.410. The number of rotatable bonds is 1. The molecule has 0 bridgehead atoms. The molecule has 112 valence electrons. The molecule has 2 rings (SSSR count). The highest BCUT2D eigenvalue weighted by molar-refractivity contribution is 14.1. The van der Waals surface area contributed by atoms with Gasteiger partial charge in [-0.2, -0.15) is 5.26 Å². The maximum atomic E-state index is 14.1. The van der Waals surface area contributed by atoms with Crippen LogP contribution >= 0.6 is 22.6 Å². The minimum absolute atomic E-state index is 0.148. The van der Waals surface area contributed by atoms with Crippen LogP contribution in [0.25, 0.3) is 0 Å². The molecule has 0 atom stereocenters. The van der Waals surface area contributed by atoms with E-state index in [1.54, 1.807) is 32.9 Å². The van der Waals surface area contributed by atoms with Gasteiger partial charge in [0.25, 0.3) is 0 Å². The van der Waals surface area contributed by atoms with E-state index in [1.807, 2.05) is 22.6 Å². The normalized spacial score (nSPS) is 16.9. The van der Waals surface area contributed by atoms with Crippen LogP contribution in [0.3, 0.4) is 0 Å². The second-order valence-corrected chi connectivity index (χ2v) is 7.29. The van der Waals surface area contributed by atoms with Gasteiger partial charge < -0.3 is 9.64 Å². The van der Waals surface area contributed by atoms with Crippen molar-refractivity contribution in [1.29, 1.82) is 5.26 Å². The van der Waals surface area contributed by atoms with Gasteiger partial charge in [0.2, 0.25) is 0 Å². The van der Waals surface area contributed by atoms with Gasteiger partial charge >= 0.3 is 6.09 Å². The van der Waals surface area contributed by atoms with Crippen LogP contribution in [0.1, 0.15) is 26.3 Å². The summed E-state index contributed by atoms with van der Waals surface area (Å²) >= 11 is 2.01. The average Bonchev–Trinajstić information content (AvgIpc) is 2.29. The highest BCUT2D eigenvalue weighted by Crippen LogP contribution is 2.38. The average molecular weight is 402 g/mol. The summed E-state index contributed by atoms with van der Waals surface area (Å²) in [7, 11) is 0. The number of hydrogen-bond acceptors (Lipinski definition) is 3. The first kappa shape index (κ1) is 16.0. The molecular weight excluding hydrogens is 386 g/mol. The number of carbonyl (C=O) groups is 1. The smallest absolute Gasteiger partial charge is 0.410 e. The first-order chi connectivity index (χ1) is 9.68. The van der Waals surface area contributed by atoms with Gasteiger partial charge in [-0.05, 0) is 55.5 Å². The Labute approximate surface area is 137 Å². The Morgan fingerprint density at radius 1 is 1.48 bits per heavy atom. The van der Waals surface area contributed by atoms with Crippen molar-refractivity contribution in [3.05, 3.63) is 33.1 Å². The fraction of sp³-hybridized carbons (Fsp3) is 0.467. The monoisotopic (exact) mass is 402 g/mol. The summed E-state index contributed by atoms with van der Waals surface area (Å²) < 4.78 is 20.0. The van der Waals surface area contributed by atoms with E-state index in [1.165, 1.54) is 11.0 Å². The highest BCUT2D eigenvalue weighted by Gasteiger charge is 2.50. The van der Waals surface area contributed by atoms with Crippen LogP contribution in [0.5, 0.6) is 0 Å². The number of ether oxygens (including phenoxy) is 1. The number of carbonyl (C=O) groups excluding carboxylic acids is 1. The summed E-state index contributed by atoms with van der Waals surface area (Å²) in [6, 6.07) is 6.87. The molecular formula is C15H16FIN2O2. The van der Waals surface area contributed by atoms with Crippen molar-refractivity contribution in [2.75, 3.05) is 13.1 Å². The Balaban J connectivity index is 2.19. The number of nitriles is 1. The summed E-state index contributed by atoms with van der Waals surface area (Å²) in [6.07, 6.45) is -0.472. The lowest BCUT2D eigenvalue weighted by atomic mass is 9.75. The van der Waals surface area contributed by atoms with Gasteiger partial charge in [0, 0.05) is 22.2 Å². The molecule has 4 nitrogen and oxygen atoms in total. The first-order valence-electron chi connectivity index (χ1n) is 6.52. The molecule has 1 aliphatic rings. The molecule has 0 saturated carbocycles. The molecule has 1 fully saturated rings. The number of hydrogen-bond donors (Lipinski definition) is 0. The summed E-state index contributed by atoms with van der Waals surface area (Å²) in [5, 5.41) is 9.47. The lowest BCUT2D eigenvalue weighted by molar-refractivity contribution is -0.00104. The SMILES string of the molecule is CC(C)(C)OC(=O)N1CC(C#N)(c2c(F)cccc2I)C1. The number of nitrogens with zero attached hydrogens (tertiary/aromatic N) is 2. The van der Waals surface area contributed by atoms with Crippen molar-refractivity contribution in [2.45, 2.75) is 31.8 Å². The number of benzene rings is 1. The molecule has 1 saturated heterocycles. The second-order valence-electron chi connectivity index (χ2n) is 6.13. The number of halogens is 2. The minimum Gasteiger partial charge on any atom is -0.444 e. The fourth-order valence-corrected chi connectivity index (χ4v) is 3.28. The van der Waals surface area contributed by atoms with Crippen LogP contribution in [-0.2, 0) is 10.2 Å². The predicted molar refractivity (Wildman–Crippen MR) is 84.2 cm³/mol. The summed E-state index contributed by atoms with van der Waals surface area (Å²) in [4.78, 5) is 13.4. The topological polar surface area (TPSA) is 53.3 Å². The third-order valence-corrected chi connectivity index (χ3v) is 4.13. The van der Waals surface area contributed by atoms with E-state index in [2.05, 4.69) is 6.07 Å². The van der Waals surface area contributed by atoms with Crippen molar-refractivity contribution in [3.8, 4) is 6.07 Å². The van der Waals surface area contributed by atoms with Crippen LogP contribution in [-0.4, -0.2) is 29.7 Å². The molecule has 0 aromatic heterocycles. The van der Waals surface area contributed by atoms with Gasteiger partial charge in [-0.3, -0.25) is 0 Å². The lowest BCUT2D eigenvalue weighted by Crippen LogP contribution is -2.61. The fourth-order valence-electron chi connectivity index (χ4n) is 2.30. The Bertz CT molecular complexity index is 593. The van der Waals surface area contributed by atoms with Crippen molar-refractivity contribution >= 4 is 28.7 Å². The second kappa shape index (κ2) is 5.44. The molecule has 1 aromatic rings. The molecule has 0 N–H and O–H groups in total. The van der Waals surface area contributed by atoms with E-state index in [4.69, 9.17) is 4.74 Å². The van der Waals surface area contributed by atoms with E-state index in [-0.39, 0.29) is 13.1 Å². The molecule has 0 spiro atoms. The number of amides is 1. The van der Waals surface area contributed by atoms with Crippen molar-refractivity contribution < 1.29 is 13.9 Å². The zero-order valence-electron chi connectivity index (χ0n) is 12.1. The zero-order valence-corrected chi connectivity index (χ0v) is 14.3. The molecule has 0 unspecified atom stereocenters. The van der Waals surface area contributed by atoms with Crippen molar-refractivity contribution in [3.63, 3.8) is 0 Å². The quantitative estimate of drug-likeness (QED) is 0.677. The molecule has 21 heavy (non-hydrogen) atoms. The first-order valence-corrected chi connectivity index (χ1v) is 7.60. The van der Waals surface area contributed by atoms with Gasteiger partial charge in [-0.15, -0.1) is 0 Å². The summed E-state index contributed by atoms with van der Waals surface area (Å²) in [5.41, 5.74) is -1.21. The standard InChI is InChI=1S/C15H16FIN2O2/c1-14(2,3)21-13(20)19-8-15(7-18,9-19)12-10(16)5-4-6-11(12)17/h4-6H,8-9H2,1-3H3. The maximum absolute atomic E-state index is 14.1. The molecule has 1 aliphatic heterocycles. The van der Waals surface area contributed by atoms with E-state index < -0.39 is 22.9 Å². The van der Waals surface area contributed by atoms with Crippen LogP contribution in [0.2, 0.25) is 0 Å². The molecule has 1 heterocycles. The minimum atomic E-state index is -0.987. The highest BCUT2D eigenvalue weighted by atomic mass is 127. The molecule has 6 heteroatoms.